The zero-order chi connectivity index (χ0) is 22.6. The van der Waals surface area contributed by atoms with Crippen LogP contribution in [0, 0.1) is 6.92 Å². The molecule has 1 fully saturated rings. The van der Waals surface area contributed by atoms with Crippen LogP contribution in [0.25, 0.3) is 39.4 Å². The van der Waals surface area contributed by atoms with Gasteiger partial charge in [0, 0.05) is 34.6 Å². The van der Waals surface area contributed by atoms with E-state index in [0.29, 0.717) is 5.02 Å². The number of imidazole rings is 1. The van der Waals surface area contributed by atoms with Crippen molar-refractivity contribution in [1.29, 1.82) is 0 Å². The molecule has 0 saturated heterocycles. The van der Waals surface area contributed by atoms with Crippen LogP contribution in [0.5, 0.6) is 0 Å². The summed E-state index contributed by atoms with van der Waals surface area (Å²) in [5.41, 5.74) is 15.3. The molecule has 3 aromatic heterocycles. The van der Waals surface area contributed by atoms with Crippen LogP contribution < -0.4 is 5.73 Å². The molecule has 6 heteroatoms. The molecule has 1 aliphatic carbocycles. The van der Waals surface area contributed by atoms with E-state index in [0.717, 1.165) is 57.8 Å². The lowest BCUT2D eigenvalue weighted by molar-refractivity contribution is 0.253. The maximum atomic E-state index is 6.72. The maximum absolute atomic E-state index is 6.72. The van der Waals surface area contributed by atoms with Crippen molar-refractivity contribution in [2.75, 3.05) is 0 Å². The number of nitrogens with two attached hydrogens (primary N) is 1. The number of pyridine rings is 1. The van der Waals surface area contributed by atoms with Gasteiger partial charge in [-0.1, -0.05) is 66.2 Å². The summed E-state index contributed by atoms with van der Waals surface area (Å²) in [5.74, 6) is 0. The molecule has 1 aliphatic rings. The highest BCUT2D eigenvalue weighted by Gasteiger charge is 2.34. The highest BCUT2D eigenvalue weighted by Crippen LogP contribution is 2.41. The first-order valence-corrected chi connectivity index (χ1v) is 11.6. The number of nitrogens with one attached hydrogen (secondary N) is 1. The van der Waals surface area contributed by atoms with Gasteiger partial charge < -0.3 is 5.73 Å². The fourth-order valence-corrected chi connectivity index (χ4v) is 5.02. The van der Waals surface area contributed by atoms with E-state index in [-0.39, 0.29) is 5.54 Å². The molecule has 5 nitrogen and oxygen atoms in total. The maximum Gasteiger partial charge on any atom is 0.147 e. The molecule has 0 spiro atoms. The summed E-state index contributed by atoms with van der Waals surface area (Å²) in [6.07, 6.45) is 6.99. The normalized spacial score (nSPS) is 15.0. The van der Waals surface area contributed by atoms with Crippen molar-refractivity contribution in [3.63, 3.8) is 0 Å². The van der Waals surface area contributed by atoms with Gasteiger partial charge >= 0.3 is 0 Å². The standard InChI is InChI=1S/C27H24ClN5/c1-17-21(28)16-33-25(19-6-3-2-4-7-19)24(31-26(33)23(17)22-12-15-30-32-22)18-8-10-20(11-9-18)27(29)13-5-14-27/h2-4,6-12,15-16H,5,13-14,29H2,1H3,(H,30,32). The highest BCUT2D eigenvalue weighted by molar-refractivity contribution is 6.31. The van der Waals surface area contributed by atoms with Crippen molar-refractivity contribution >= 4 is 17.2 Å². The Hall–Kier alpha value is -3.41. The van der Waals surface area contributed by atoms with Gasteiger partial charge in [-0.25, -0.2) is 4.98 Å². The molecule has 0 bridgehead atoms. The number of hydrogen-bond acceptors (Lipinski definition) is 3. The molecule has 0 radical (unpaired) electrons. The second-order valence-electron chi connectivity index (χ2n) is 8.90. The molecule has 3 N–H and O–H groups in total. The van der Waals surface area contributed by atoms with Crippen molar-refractivity contribution in [2.24, 2.45) is 5.73 Å². The number of hydrogen-bond donors (Lipinski definition) is 2. The van der Waals surface area contributed by atoms with Gasteiger partial charge in [0.15, 0.2) is 0 Å². The first-order valence-electron chi connectivity index (χ1n) is 11.2. The first-order chi connectivity index (χ1) is 16.0. The van der Waals surface area contributed by atoms with Crippen LogP contribution in [0.15, 0.2) is 73.1 Å². The predicted molar refractivity (Wildman–Crippen MR) is 133 cm³/mol. The molecule has 0 unspecified atom stereocenters. The van der Waals surface area contributed by atoms with Gasteiger partial charge in [0.2, 0.25) is 0 Å². The number of aromatic nitrogens is 4. The minimum Gasteiger partial charge on any atom is -0.321 e. The second-order valence-corrected chi connectivity index (χ2v) is 9.31. The molecular formula is C27H24ClN5. The molecule has 0 amide bonds. The topological polar surface area (TPSA) is 72.0 Å². The Kier molecular flexibility index (Phi) is 4.64. The second kappa shape index (κ2) is 7.58. The average Bonchev–Trinajstić information content (AvgIpc) is 3.47. The van der Waals surface area contributed by atoms with Gasteiger partial charge in [-0.15, -0.1) is 0 Å². The summed E-state index contributed by atoms with van der Waals surface area (Å²) in [7, 11) is 0. The van der Waals surface area contributed by atoms with Crippen LogP contribution in [-0.4, -0.2) is 19.6 Å². The van der Waals surface area contributed by atoms with Crippen LogP contribution in [0.1, 0.15) is 30.4 Å². The van der Waals surface area contributed by atoms with E-state index in [4.69, 9.17) is 22.3 Å². The van der Waals surface area contributed by atoms with E-state index in [1.807, 2.05) is 37.4 Å². The molecule has 0 aliphatic heterocycles. The highest BCUT2D eigenvalue weighted by atomic mass is 35.5. The summed E-state index contributed by atoms with van der Waals surface area (Å²) in [6, 6.07) is 20.9. The summed E-state index contributed by atoms with van der Waals surface area (Å²) in [5, 5.41) is 7.91. The Balaban J connectivity index is 1.62. The zero-order valence-corrected chi connectivity index (χ0v) is 19.1. The van der Waals surface area contributed by atoms with Crippen LogP contribution >= 0.6 is 11.6 Å². The minimum atomic E-state index is -0.182. The fourth-order valence-electron chi connectivity index (χ4n) is 4.83. The third-order valence-corrected chi connectivity index (χ3v) is 7.29. The number of aromatic amines is 1. The van der Waals surface area contributed by atoms with Crippen molar-refractivity contribution in [2.45, 2.75) is 31.7 Å². The fraction of sp³-hybridized carbons (Fsp3) is 0.185. The Bertz CT molecular complexity index is 1450. The molecule has 33 heavy (non-hydrogen) atoms. The van der Waals surface area contributed by atoms with Crippen molar-refractivity contribution in [3.8, 4) is 33.8 Å². The Morgan fingerprint density at radius 1 is 1.00 bits per heavy atom. The van der Waals surface area contributed by atoms with Crippen molar-refractivity contribution in [1.82, 2.24) is 19.6 Å². The van der Waals surface area contributed by atoms with Crippen LogP contribution in [0.2, 0.25) is 5.02 Å². The molecule has 0 atom stereocenters. The van der Waals surface area contributed by atoms with Gasteiger partial charge in [0.1, 0.15) is 5.65 Å². The first kappa shape index (κ1) is 20.2. The third-order valence-electron chi connectivity index (χ3n) is 6.91. The monoisotopic (exact) mass is 453 g/mol. The summed E-state index contributed by atoms with van der Waals surface area (Å²) in [6.45, 7) is 2.02. The molecule has 3 heterocycles. The largest absolute Gasteiger partial charge is 0.321 e. The van der Waals surface area contributed by atoms with Gasteiger partial charge in [0.05, 0.1) is 22.1 Å². The lowest BCUT2D eigenvalue weighted by Crippen LogP contribution is -2.43. The summed E-state index contributed by atoms with van der Waals surface area (Å²) in [4.78, 5) is 5.17. The molecule has 6 rings (SSSR count). The predicted octanol–water partition coefficient (Wildman–Crippen LogP) is 6.36. The van der Waals surface area contributed by atoms with E-state index in [9.17, 15) is 0 Å². The lowest BCUT2D eigenvalue weighted by atomic mass is 9.72. The lowest BCUT2D eigenvalue weighted by Gasteiger charge is -2.38. The zero-order valence-electron chi connectivity index (χ0n) is 18.3. The molecule has 164 valence electrons. The van der Waals surface area contributed by atoms with Crippen molar-refractivity contribution < 1.29 is 0 Å². The van der Waals surface area contributed by atoms with Gasteiger partial charge in [0.25, 0.3) is 0 Å². The Morgan fingerprint density at radius 2 is 1.76 bits per heavy atom. The molecule has 1 saturated carbocycles. The Morgan fingerprint density at radius 3 is 2.39 bits per heavy atom. The summed E-state index contributed by atoms with van der Waals surface area (Å²) < 4.78 is 2.10. The number of benzene rings is 2. The molecule has 2 aromatic carbocycles. The van der Waals surface area contributed by atoms with Crippen molar-refractivity contribution in [3.05, 3.63) is 89.2 Å². The number of H-pyrrole nitrogens is 1. The average molecular weight is 454 g/mol. The number of halogens is 1. The SMILES string of the molecule is Cc1c(Cl)cn2c(-c3ccccc3)c(-c3ccc(C4(N)CCC4)cc3)nc2c1-c1ccn[nH]1. The van der Waals surface area contributed by atoms with Crippen LogP contribution in [-0.2, 0) is 5.54 Å². The number of fused-ring (bicyclic) bond motifs is 1. The van der Waals surface area contributed by atoms with E-state index in [1.54, 1.807) is 6.20 Å². The van der Waals surface area contributed by atoms with Crippen LogP contribution in [0.4, 0.5) is 0 Å². The van der Waals surface area contributed by atoms with Gasteiger partial charge in [-0.3, -0.25) is 9.50 Å². The quantitative estimate of drug-likeness (QED) is 0.332. The van der Waals surface area contributed by atoms with Gasteiger partial charge in [-0.05, 0) is 43.4 Å². The van der Waals surface area contributed by atoms with E-state index in [2.05, 4.69) is 51.0 Å². The minimum absolute atomic E-state index is 0.182. The van der Waals surface area contributed by atoms with E-state index in [1.165, 1.54) is 12.0 Å². The number of nitrogens with zero attached hydrogens (tertiary/aromatic N) is 3. The van der Waals surface area contributed by atoms with E-state index < -0.39 is 0 Å². The third kappa shape index (κ3) is 3.19. The van der Waals surface area contributed by atoms with E-state index >= 15 is 0 Å². The van der Waals surface area contributed by atoms with Gasteiger partial charge in [-0.2, -0.15) is 5.10 Å². The summed E-state index contributed by atoms with van der Waals surface area (Å²) >= 11 is 6.72. The Labute approximate surface area is 197 Å². The van der Waals surface area contributed by atoms with Crippen LogP contribution in [0.3, 0.4) is 0 Å². The number of rotatable bonds is 4. The molecule has 5 aromatic rings. The smallest absolute Gasteiger partial charge is 0.147 e. The molecular weight excluding hydrogens is 430 g/mol.